The minimum atomic E-state index is 0.457. The average molecular weight is 264 g/mol. The van der Waals surface area contributed by atoms with Gasteiger partial charge in [0.2, 0.25) is 0 Å². The van der Waals surface area contributed by atoms with E-state index in [4.69, 9.17) is 0 Å². The Kier molecular flexibility index (Phi) is 5.18. The molecule has 0 atom stereocenters. The van der Waals surface area contributed by atoms with Gasteiger partial charge in [0.25, 0.3) is 0 Å². The molecule has 2 nitrogen and oxygen atoms in total. The van der Waals surface area contributed by atoms with Gasteiger partial charge in [-0.3, -0.25) is 9.59 Å². The zero-order chi connectivity index (χ0) is 13.8. The van der Waals surface area contributed by atoms with Crippen molar-refractivity contribution in [2.75, 3.05) is 0 Å². The van der Waals surface area contributed by atoms with Crippen molar-refractivity contribution in [1.82, 2.24) is 0 Å². The zero-order valence-electron chi connectivity index (χ0n) is 12.5. The lowest BCUT2D eigenvalue weighted by Crippen LogP contribution is -2.31. The van der Waals surface area contributed by atoms with E-state index in [0.29, 0.717) is 11.6 Å². The standard InChI is InChI=1S/C17H28O2/c1-12(2)11-17(13-3-7-15(18)8-4-13)14-5-9-16(19)10-6-14/h12-14,17H,3-11H2,1-2H3. The Morgan fingerprint density at radius 3 is 1.53 bits per heavy atom. The molecule has 2 rings (SSSR count). The number of Topliss-reactive ketones (excluding diaryl/α,β-unsaturated/α-hetero) is 2. The molecule has 0 unspecified atom stereocenters. The van der Waals surface area contributed by atoms with Gasteiger partial charge in [0, 0.05) is 25.7 Å². The molecule has 0 saturated heterocycles. The molecule has 0 amide bonds. The second kappa shape index (κ2) is 6.67. The van der Waals surface area contributed by atoms with Crippen LogP contribution in [0.15, 0.2) is 0 Å². The molecule has 2 aliphatic carbocycles. The topological polar surface area (TPSA) is 34.1 Å². The summed E-state index contributed by atoms with van der Waals surface area (Å²) >= 11 is 0. The van der Waals surface area contributed by atoms with Crippen LogP contribution in [0.25, 0.3) is 0 Å². The number of rotatable bonds is 4. The highest BCUT2D eigenvalue weighted by atomic mass is 16.1. The van der Waals surface area contributed by atoms with E-state index in [1.807, 2.05) is 0 Å². The van der Waals surface area contributed by atoms with E-state index < -0.39 is 0 Å². The van der Waals surface area contributed by atoms with Crippen LogP contribution in [0.2, 0.25) is 0 Å². The molecule has 108 valence electrons. The first-order chi connectivity index (χ1) is 9.06. The van der Waals surface area contributed by atoms with Crippen molar-refractivity contribution < 1.29 is 9.59 Å². The molecular formula is C17H28O2. The highest BCUT2D eigenvalue weighted by molar-refractivity contribution is 5.79. The minimum Gasteiger partial charge on any atom is -0.300 e. The Bertz CT molecular complexity index is 284. The molecule has 0 aromatic carbocycles. The fraction of sp³-hybridized carbons (Fsp3) is 0.882. The van der Waals surface area contributed by atoms with Gasteiger partial charge >= 0.3 is 0 Å². The molecule has 2 heteroatoms. The van der Waals surface area contributed by atoms with Crippen molar-refractivity contribution in [2.24, 2.45) is 23.7 Å². The lowest BCUT2D eigenvalue weighted by atomic mass is 9.67. The van der Waals surface area contributed by atoms with Crippen LogP contribution in [0.4, 0.5) is 0 Å². The summed E-state index contributed by atoms with van der Waals surface area (Å²) in [5.74, 6) is 3.86. The molecule has 2 aliphatic rings. The monoisotopic (exact) mass is 264 g/mol. The Labute approximate surface area is 117 Å². The van der Waals surface area contributed by atoms with Gasteiger partial charge in [-0.1, -0.05) is 13.8 Å². The Hall–Kier alpha value is -0.660. The van der Waals surface area contributed by atoms with Crippen LogP contribution in [0.5, 0.6) is 0 Å². The molecule has 2 saturated carbocycles. The van der Waals surface area contributed by atoms with Gasteiger partial charge in [0.1, 0.15) is 11.6 Å². The number of hydrogen-bond acceptors (Lipinski definition) is 2. The zero-order valence-corrected chi connectivity index (χ0v) is 12.5. The summed E-state index contributed by atoms with van der Waals surface area (Å²) < 4.78 is 0. The fourth-order valence-electron chi connectivity index (χ4n) is 4.09. The van der Waals surface area contributed by atoms with Crippen molar-refractivity contribution in [3.63, 3.8) is 0 Å². The first-order valence-corrected chi connectivity index (χ1v) is 8.09. The summed E-state index contributed by atoms with van der Waals surface area (Å²) in [5, 5.41) is 0. The largest absolute Gasteiger partial charge is 0.300 e. The molecule has 0 aromatic heterocycles. The van der Waals surface area contributed by atoms with Gasteiger partial charge < -0.3 is 0 Å². The molecule has 2 fully saturated rings. The van der Waals surface area contributed by atoms with E-state index in [-0.39, 0.29) is 0 Å². The van der Waals surface area contributed by atoms with Crippen molar-refractivity contribution in [3.8, 4) is 0 Å². The van der Waals surface area contributed by atoms with E-state index >= 15 is 0 Å². The molecule has 0 aliphatic heterocycles. The van der Waals surface area contributed by atoms with Crippen molar-refractivity contribution in [2.45, 2.75) is 71.6 Å². The number of carbonyl (C=O) groups excluding carboxylic acids is 2. The summed E-state index contributed by atoms with van der Waals surface area (Å²) in [6.45, 7) is 4.60. The molecule has 0 N–H and O–H groups in total. The van der Waals surface area contributed by atoms with Crippen LogP contribution in [0, 0.1) is 23.7 Å². The predicted octanol–water partition coefficient (Wildman–Crippen LogP) is 4.17. The highest BCUT2D eigenvalue weighted by Gasteiger charge is 2.34. The van der Waals surface area contributed by atoms with E-state index in [2.05, 4.69) is 13.8 Å². The maximum Gasteiger partial charge on any atom is 0.132 e. The summed E-state index contributed by atoms with van der Waals surface area (Å²) in [5.41, 5.74) is 0. The van der Waals surface area contributed by atoms with Gasteiger partial charge in [-0.2, -0.15) is 0 Å². The summed E-state index contributed by atoms with van der Waals surface area (Å²) in [6.07, 6.45) is 8.85. The highest BCUT2D eigenvalue weighted by Crippen LogP contribution is 2.41. The normalized spacial score (nSPS) is 23.6. The Morgan fingerprint density at radius 2 is 1.21 bits per heavy atom. The van der Waals surface area contributed by atoms with Gasteiger partial charge in [-0.25, -0.2) is 0 Å². The summed E-state index contributed by atoms with van der Waals surface area (Å²) in [4.78, 5) is 22.9. The number of carbonyl (C=O) groups is 2. The van der Waals surface area contributed by atoms with E-state index in [9.17, 15) is 9.59 Å². The molecule has 0 spiro atoms. The Morgan fingerprint density at radius 1 is 0.842 bits per heavy atom. The maximum atomic E-state index is 11.4. The van der Waals surface area contributed by atoms with E-state index in [0.717, 1.165) is 75.0 Å². The van der Waals surface area contributed by atoms with Gasteiger partial charge in [0.05, 0.1) is 0 Å². The van der Waals surface area contributed by atoms with Crippen LogP contribution in [-0.4, -0.2) is 11.6 Å². The molecular weight excluding hydrogens is 236 g/mol. The SMILES string of the molecule is CC(C)CC(C1CCC(=O)CC1)C1CCC(=O)CC1. The summed E-state index contributed by atoms with van der Waals surface area (Å²) in [7, 11) is 0. The van der Waals surface area contributed by atoms with Gasteiger partial charge in [-0.15, -0.1) is 0 Å². The second-order valence-corrected chi connectivity index (χ2v) is 7.05. The minimum absolute atomic E-state index is 0.457. The van der Waals surface area contributed by atoms with Crippen LogP contribution in [-0.2, 0) is 9.59 Å². The average Bonchev–Trinajstić information content (AvgIpc) is 2.38. The smallest absolute Gasteiger partial charge is 0.132 e. The van der Waals surface area contributed by atoms with Crippen LogP contribution in [0.1, 0.15) is 71.6 Å². The molecule has 0 radical (unpaired) electrons. The third kappa shape index (κ3) is 4.15. The molecule has 0 aromatic rings. The van der Waals surface area contributed by atoms with Crippen molar-refractivity contribution in [3.05, 3.63) is 0 Å². The lowest BCUT2D eigenvalue weighted by molar-refractivity contribution is -0.122. The van der Waals surface area contributed by atoms with Crippen LogP contribution >= 0.6 is 0 Å². The van der Waals surface area contributed by atoms with E-state index in [1.54, 1.807) is 0 Å². The van der Waals surface area contributed by atoms with Crippen LogP contribution < -0.4 is 0 Å². The molecule has 0 bridgehead atoms. The first-order valence-electron chi connectivity index (χ1n) is 8.09. The number of hydrogen-bond donors (Lipinski definition) is 0. The van der Waals surface area contributed by atoms with Crippen molar-refractivity contribution in [1.29, 1.82) is 0 Å². The maximum absolute atomic E-state index is 11.4. The summed E-state index contributed by atoms with van der Waals surface area (Å²) in [6, 6.07) is 0. The fourth-order valence-corrected chi connectivity index (χ4v) is 4.09. The van der Waals surface area contributed by atoms with Gasteiger partial charge in [0.15, 0.2) is 0 Å². The predicted molar refractivity (Wildman–Crippen MR) is 76.9 cm³/mol. The third-order valence-corrected chi connectivity index (χ3v) is 5.13. The van der Waals surface area contributed by atoms with Gasteiger partial charge in [-0.05, 0) is 55.8 Å². The lowest BCUT2D eigenvalue weighted by Gasteiger charge is -2.38. The quantitative estimate of drug-likeness (QED) is 0.763. The number of ketones is 2. The first kappa shape index (κ1) is 14.7. The molecule has 19 heavy (non-hydrogen) atoms. The third-order valence-electron chi connectivity index (χ3n) is 5.13. The van der Waals surface area contributed by atoms with Crippen LogP contribution in [0.3, 0.4) is 0 Å². The molecule has 0 heterocycles. The van der Waals surface area contributed by atoms with Crippen molar-refractivity contribution >= 4 is 11.6 Å². The Balaban J connectivity index is 1.98. The second-order valence-electron chi connectivity index (χ2n) is 7.05. The van der Waals surface area contributed by atoms with E-state index in [1.165, 1.54) is 6.42 Å².